The van der Waals surface area contributed by atoms with E-state index in [-0.39, 0.29) is 5.82 Å². The molecule has 0 aromatic heterocycles. The molecule has 0 bridgehead atoms. The zero-order valence-electron chi connectivity index (χ0n) is 8.59. The van der Waals surface area contributed by atoms with Gasteiger partial charge in [0.1, 0.15) is 11.6 Å². The molecule has 0 fully saturated rings. The van der Waals surface area contributed by atoms with E-state index >= 15 is 0 Å². The van der Waals surface area contributed by atoms with E-state index in [0.717, 1.165) is 24.3 Å². The summed E-state index contributed by atoms with van der Waals surface area (Å²) in [5, 5.41) is 0. The zero-order valence-corrected chi connectivity index (χ0v) is 8.59. The van der Waals surface area contributed by atoms with Gasteiger partial charge in [0.2, 0.25) is 0 Å². The molecule has 0 aliphatic carbocycles. The Morgan fingerprint density at radius 3 is 2.93 bits per heavy atom. The van der Waals surface area contributed by atoms with Gasteiger partial charge >= 0.3 is 0 Å². The Morgan fingerprint density at radius 1 is 1.43 bits per heavy atom. The zero-order chi connectivity index (χ0) is 10.1. The third-order valence-corrected chi connectivity index (χ3v) is 2.86. The van der Waals surface area contributed by atoms with Crippen LogP contribution in [-0.2, 0) is 0 Å². The number of benzene rings is 1. The molecule has 2 rings (SSSR count). The summed E-state index contributed by atoms with van der Waals surface area (Å²) in [6.45, 7) is 5.09. The number of ether oxygens (including phenoxy) is 1. The van der Waals surface area contributed by atoms with E-state index in [1.165, 1.54) is 6.07 Å². The van der Waals surface area contributed by atoms with Crippen molar-refractivity contribution in [1.82, 2.24) is 0 Å². The molecule has 0 radical (unpaired) electrons. The second-order valence-electron chi connectivity index (χ2n) is 4.17. The van der Waals surface area contributed by atoms with Crippen molar-refractivity contribution >= 4 is 0 Å². The van der Waals surface area contributed by atoms with E-state index in [1.807, 2.05) is 0 Å². The first kappa shape index (κ1) is 9.50. The lowest BCUT2D eigenvalue weighted by atomic mass is 9.84. The highest BCUT2D eigenvalue weighted by Gasteiger charge is 2.24. The van der Waals surface area contributed by atoms with Gasteiger partial charge in [-0.15, -0.1) is 0 Å². The molecule has 1 aromatic rings. The minimum atomic E-state index is -0.167. The van der Waals surface area contributed by atoms with Crippen LogP contribution in [0.2, 0.25) is 0 Å². The molecule has 0 N–H and O–H groups in total. The van der Waals surface area contributed by atoms with Crippen LogP contribution in [0.4, 0.5) is 4.39 Å². The summed E-state index contributed by atoms with van der Waals surface area (Å²) < 4.78 is 18.6. The first-order valence-electron chi connectivity index (χ1n) is 5.10. The maximum atomic E-state index is 13.1. The molecule has 1 heterocycles. The summed E-state index contributed by atoms with van der Waals surface area (Å²) in [5.74, 6) is 1.67. The lowest BCUT2D eigenvalue weighted by molar-refractivity contribution is 0.246. The Bertz CT molecular complexity index is 333. The number of hydrogen-bond donors (Lipinski definition) is 0. The van der Waals surface area contributed by atoms with Gasteiger partial charge in [-0.05, 0) is 36.5 Å². The van der Waals surface area contributed by atoms with Gasteiger partial charge in [0.25, 0.3) is 0 Å². The standard InChI is InChI=1S/C12H15FO/c1-8(2)10-5-6-14-12-4-3-9(13)7-11(10)12/h3-4,7-8,10H,5-6H2,1-2H3/t10-/m0/s1. The van der Waals surface area contributed by atoms with Gasteiger partial charge in [-0.25, -0.2) is 4.39 Å². The van der Waals surface area contributed by atoms with Crippen LogP contribution in [-0.4, -0.2) is 6.61 Å². The first-order valence-corrected chi connectivity index (χ1v) is 5.10. The number of halogens is 1. The van der Waals surface area contributed by atoms with Crippen LogP contribution in [0.15, 0.2) is 18.2 Å². The summed E-state index contributed by atoms with van der Waals surface area (Å²) in [4.78, 5) is 0. The largest absolute Gasteiger partial charge is 0.493 e. The van der Waals surface area contributed by atoms with Crippen molar-refractivity contribution in [3.63, 3.8) is 0 Å². The highest BCUT2D eigenvalue weighted by molar-refractivity contribution is 5.38. The van der Waals surface area contributed by atoms with Crippen molar-refractivity contribution < 1.29 is 9.13 Å². The molecular weight excluding hydrogens is 179 g/mol. The van der Waals surface area contributed by atoms with E-state index in [1.54, 1.807) is 12.1 Å². The fraction of sp³-hybridized carbons (Fsp3) is 0.500. The lowest BCUT2D eigenvalue weighted by Crippen LogP contribution is -2.18. The van der Waals surface area contributed by atoms with E-state index in [0.29, 0.717) is 11.8 Å². The van der Waals surface area contributed by atoms with Gasteiger partial charge in [0.05, 0.1) is 6.61 Å². The second-order valence-corrected chi connectivity index (χ2v) is 4.17. The Hall–Kier alpha value is -1.05. The van der Waals surface area contributed by atoms with Crippen LogP contribution in [0.3, 0.4) is 0 Å². The van der Waals surface area contributed by atoms with Crippen LogP contribution >= 0.6 is 0 Å². The van der Waals surface area contributed by atoms with E-state index in [4.69, 9.17) is 4.74 Å². The molecular formula is C12H15FO. The molecule has 0 unspecified atom stereocenters. The van der Waals surface area contributed by atoms with Crippen LogP contribution < -0.4 is 4.74 Å². The molecule has 76 valence electrons. The van der Waals surface area contributed by atoms with Gasteiger partial charge < -0.3 is 4.74 Å². The van der Waals surface area contributed by atoms with Crippen LogP contribution in [0.1, 0.15) is 31.7 Å². The molecule has 1 aromatic carbocycles. The lowest BCUT2D eigenvalue weighted by Gasteiger charge is -2.28. The third-order valence-electron chi connectivity index (χ3n) is 2.86. The monoisotopic (exact) mass is 194 g/mol. The van der Waals surface area contributed by atoms with Gasteiger partial charge in [-0.2, -0.15) is 0 Å². The number of fused-ring (bicyclic) bond motifs is 1. The average molecular weight is 194 g/mol. The minimum absolute atomic E-state index is 0.167. The van der Waals surface area contributed by atoms with Gasteiger partial charge in [-0.1, -0.05) is 13.8 Å². The highest BCUT2D eigenvalue weighted by Crippen LogP contribution is 2.38. The summed E-state index contributed by atoms with van der Waals surface area (Å²) in [6, 6.07) is 4.81. The fourth-order valence-electron chi connectivity index (χ4n) is 2.08. The molecule has 1 nitrogen and oxygen atoms in total. The predicted octanol–water partition coefficient (Wildman–Crippen LogP) is 3.35. The Balaban J connectivity index is 2.41. The van der Waals surface area contributed by atoms with Crippen molar-refractivity contribution in [1.29, 1.82) is 0 Å². The fourth-order valence-corrected chi connectivity index (χ4v) is 2.08. The quantitative estimate of drug-likeness (QED) is 0.666. The summed E-state index contributed by atoms with van der Waals surface area (Å²) in [7, 11) is 0. The summed E-state index contributed by atoms with van der Waals surface area (Å²) in [6.07, 6.45) is 0.994. The van der Waals surface area contributed by atoms with Crippen LogP contribution in [0.5, 0.6) is 5.75 Å². The van der Waals surface area contributed by atoms with Crippen molar-refractivity contribution in [2.24, 2.45) is 5.92 Å². The van der Waals surface area contributed by atoms with Crippen molar-refractivity contribution in [3.05, 3.63) is 29.6 Å². The topological polar surface area (TPSA) is 9.23 Å². The highest BCUT2D eigenvalue weighted by atomic mass is 19.1. The maximum Gasteiger partial charge on any atom is 0.123 e. The number of hydrogen-bond acceptors (Lipinski definition) is 1. The first-order chi connectivity index (χ1) is 6.68. The van der Waals surface area contributed by atoms with Crippen molar-refractivity contribution in [3.8, 4) is 5.75 Å². The Kier molecular flexibility index (Phi) is 2.44. The Morgan fingerprint density at radius 2 is 2.21 bits per heavy atom. The molecule has 2 heteroatoms. The Labute approximate surface area is 83.9 Å². The van der Waals surface area contributed by atoms with Crippen LogP contribution in [0.25, 0.3) is 0 Å². The van der Waals surface area contributed by atoms with Crippen LogP contribution in [0, 0.1) is 11.7 Å². The predicted molar refractivity (Wildman–Crippen MR) is 54.1 cm³/mol. The smallest absolute Gasteiger partial charge is 0.123 e. The molecule has 1 aliphatic rings. The summed E-state index contributed by atoms with van der Waals surface area (Å²) in [5.41, 5.74) is 1.03. The van der Waals surface area contributed by atoms with Gasteiger partial charge in [-0.3, -0.25) is 0 Å². The second kappa shape index (κ2) is 3.60. The molecule has 1 aliphatic heterocycles. The maximum absolute atomic E-state index is 13.1. The average Bonchev–Trinajstić information content (AvgIpc) is 2.16. The molecule has 14 heavy (non-hydrogen) atoms. The van der Waals surface area contributed by atoms with Crippen molar-refractivity contribution in [2.45, 2.75) is 26.2 Å². The van der Waals surface area contributed by atoms with E-state index in [9.17, 15) is 4.39 Å². The van der Waals surface area contributed by atoms with E-state index in [2.05, 4.69) is 13.8 Å². The third kappa shape index (κ3) is 1.61. The SMILES string of the molecule is CC(C)[C@@H]1CCOc2ccc(F)cc21. The van der Waals surface area contributed by atoms with Gasteiger partial charge in [0, 0.05) is 5.56 Å². The molecule has 0 spiro atoms. The number of rotatable bonds is 1. The normalized spacial score (nSPS) is 20.4. The summed E-state index contributed by atoms with van der Waals surface area (Å²) >= 11 is 0. The molecule has 0 saturated heterocycles. The minimum Gasteiger partial charge on any atom is -0.493 e. The molecule has 0 saturated carbocycles. The molecule has 1 atom stereocenters. The van der Waals surface area contributed by atoms with Gasteiger partial charge in [0.15, 0.2) is 0 Å². The van der Waals surface area contributed by atoms with Crippen molar-refractivity contribution in [2.75, 3.05) is 6.61 Å². The van der Waals surface area contributed by atoms with E-state index < -0.39 is 0 Å². The molecule has 0 amide bonds.